The lowest BCUT2D eigenvalue weighted by molar-refractivity contribution is 0.0508. The van der Waals surface area contributed by atoms with Crippen molar-refractivity contribution >= 4 is 39.7 Å². The summed E-state index contributed by atoms with van der Waals surface area (Å²) in [7, 11) is -1.93. The number of carbonyl (C=O) groups excluding carboxylic acids is 2. The van der Waals surface area contributed by atoms with Gasteiger partial charge in [-0.2, -0.15) is 0 Å². The Labute approximate surface area is 241 Å². The van der Waals surface area contributed by atoms with E-state index in [0.29, 0.717) is 37.4 Å². The van der Waals surface area contributed by atoms with Gasteiger partial charge in [-0.15, -0.1) is 0 Å². The average Bonchev–Trinajstić information content (AvgIpc) is 3.42. The van der Waals surface area contributed by atoms with Crippen LogP contribution < -0.4 is 0 Å². The van der Waals surface area contributed by atoms with Gasteiger partial charge in [-0.1, -0.05) is 50.9 Å². The topological polar surface area (TPSA) is 118 Å². The van der Waals surface area contributed by atoms with Crippen LogP contribution in [0.1, 0.15) is 46.2 Å². The number of esters is 2. The number of alkyl halides is 1. The zero-order valence-electron chi connectivity index (χ0n) is 25.5. The highest BCUT2D eigenvalue weighted by Gasteiger charge is 2.16. The van der Waals surface area contributed by atoms with E-state index in [4.69, 9.17) is 30.5 Å². The van der Waals surface area contributed by atoms with Gasteiger partial charge in [0, 0.05) is 35.1 Å². The third kappa shape index (κ3) is 17.3. The minimum absolute atomic E-state index is 0.338. The number of hydrogen-bond acceptors (Lipinski definition) is 8. The smallest absolute Gasteiger partial charge is 0.358 e. The second-order valence-electron chi connectivity index (χ2n) is 11.1. The third-order valence-corrected chi connectivity index (χ3v) is 8.73. The summed E-state index contributed by atoms with van der Waals surface area (Å²) >= 11 is 5.32. The van der Waals surface area contributed by atoms with Crippen LogP contribution in [0.5, 0.6) is 0 Å². The van der Waals surface area contributed by atoms with Crippen LogP contribution in [0.3, 0.4) is 0 Å². The fourth-order valence-electron chi connectivity index (χ4n) is 2.71. The van der Waals surface area contributed by atoms with Crippen LogP contribution >= 0.6 is 11.6 Å². The number of H-pyrrole nitrogens is 1. The zero-order chi connectivity index (χ0) is 30.1. The first-order chi connectivity index (χ1) is 18.2. The predicted molar refractivity (Wildman–Crippen MR) is 161 cm³/mol. The second-order valence-corrected chi connectivity index (χ2v) is 22.6. The highest BCUT2D eigenvalue weighted by Crippen LogP contribution is 2.11. The predicted octanol–water partition coefficient (Wildman–Crippen LogP) is 6.11. The van der Waals surface area contributed by atoms with E-state index < -0.39 is 16.1 Å². The maximum Gasteiger partial charge on any atom is 0.358 e. The summed E-state index contributed by atoms with van der Waals surface area (Å²) in [5.74, 6) is -0.743. The fourth-order valence-corrected chi connectivity index (χ4v) is 4.33. The number of aryl methyl sites for hydroxylation is 1. The number of aromatic nitrogens is 4. The van der Waals surface area contributed by atoms with E-state index in [-0.39, 0.29) is 11.9 Å². The highest BCUT2D eigenvalue weighted by atomic mass is 35.5. The molecule has 0 saturated carbocycles. The van der Waals surface area contributed by atoms with Gasteiger partial charge in [-0.25, -0.2) is 19.6 Å². The maximum absolute atomic E-state index is 11.6. The van der Waals surface area contributed by atoms with Crippen molar-refractivity contribution in [3.8, 4) is 0 Å². The first-order valence-electron chi connectivity index (χ1n) is 13.2. The fraction of sp³-hybridized carbons (Fsp3) is 0.692. The molecule has 0 aliphatic heterocycles. The number of ether oxygens (including phenoxy) is 4. The van der Waals surface area contributed by atoms with Crippen LogP contribution in [-0.4, -0.2) is 80.1 Å². The van der Waals surface area contributed by atoms with Gasteiger partial charge in [0.15, 0.2) is 11.4 Å². The first-order valence-corrected chi connectivity index (χ1v) is 21.2. The minimum atomic E-state index is -1.06. The first kappa shape index (κ1) is 37.0. The molecule has 1 N–H and O–H groups in total. The Bertz CT molecular complexity index is 971. The van der Waals surface area contributed by atoms with Crippen LogP contribution in [0.4, 0.5) is 0 Å². The van der Waals surface area contributed by atoms with Crippen molar-refractivity contribution in [3.05, 3.63) is 35.4 Å². The van der Waals surface area contributed by atoms with Crippen molar-refractivity contribution in [2.45, 2.75) is 85.8 Å². The summed E-state index contributed by atoms with van der Waals surface area (Å²) in [6, 6.07) is 2.68. The Kier molecular flexibility index (Phi) is 18.2. The molecule has 0 amide bonds. The molecule has 0 aliphatic carbocycles. The third-order valence-electron chi connectivity index (χ3n) is 5.17. The molecule has 2 rings (SSSR count). The van der Waals surface area contributed by atoms with Gasteiger partial charge >= 0.3 is 11.9 Å². The monoisotopic (exact) mass is 604 g/mol. The number of aromatic amines is 1. The summed E-state index contributed by atoms with van der Waals surface area (Å²) in [4.78, 5) is 33.3. The van der Waals surface area contributed by atoms with E-state index in [9.17, 15) is 9.59 Å². The Hall–Kier alpha value is -2.00. The molecule has 0 fully saturated rings. The Morgan fingerprint density at radius 1 is 0.872 bits per heavy atom. The summed E-state index contributed by atoms with van der Waals surface area (Å²) < 4.78 is 22.2. The summed E-state index contributed by atoms with van der Waals surface area (Å²) in [6.07, 6.45) is 3.09. The Morgan fingerprint density at radius 2 is 1.38 bits per heavy atom. The summed E-state index contributed by atoms with van der Waals surface area (Å²) in [5.41, 5.74) is 2.26. The van der Waals surface area contributed by atoms with Crippen LogP contribution in [0.15, 0.2) is 12.7 Å². The lowest BCUT2D eigenvalue weighted by Crippen LogP contribution is -2.22. The van der Waals surface area contributed by atoms with Crippen molar-refractivity contribution in [1.82, 2.24) is 19.5 Å². The molecule has 13 heteroatoms. The lowest BCUT2D eigenvalue weighted by Gasteiger charge is -2.15. The number of halogens is 1. The summed E-state index contributed by atoms with van der Waals surface area (Å²) in [5, 5.41) is 0. The normalized spacial score (nSPS) is 11.2. The van der Waals surface area contributed by atoms with Crippen LogP contribution in [0, 0.1) is 13.8 Å². The van der Waals surface area contributed by atoms with Gasteiger partial charge in [0.25, 0.3) is 0 Å². The van der Waals surface area contributed by atoms with Crippen LogP contribution in [0.2, 0.25) is 51.4 Å². The standard InChI is InChI=1S/C13H24N2O3Si.C7H10N2O2.C6H15ClOSi/c1-6-18-13(16)12-11(2)15(9-14-12)10-17-7-8-19(3,4)5;1-3-11-7(10)6-5(2)8-4-9-6;1-9(2,3)5-4-8-6-7/h9H,6-8,10H2,1-5H3;4H,3H2,1-2H3,(H,8,9);4-6H2,1-3H3. The van der Waals surface area contributed by atoms with E-state index in [2.05, 4.69) is 54.2 Å². The molecule has 0 saturated heterocycles. The van der Waals surface area contributed by atoms with Gasteiger partial charge < -0.3 is 28.5 Å². The number of hydrogen-bond donors (Lipinski definition) is 1. The lowest BCUT2D eigenvalue weighted by atomic mass is 10.3. The number of rotatable bonds is 13. The van der Waals surface area contributed by atoms with Gasteiger partial charge in [-0.3, -0.25) is 0 Å². The van der Waals surface area contributed by atoms with Gasteiger partial charge in [0.1, 0.15) is 12.8 Å². The molecule has 0 aliphatic rings. The van der Waals surface area contributed by atoms with Gasteiger partial charge in [-0.05, 0) is 39.8 Å². The number of nitrogens with one attached hydrogen (secondary N) is 1. The van der Waals surface area contributed by atoms with E-state index >= 15 is 0 Å². The molecule has 10 nitrogen and oxygen atoms in total. The molecule has 2 aromatic rings. The molecule has 0 atom stereocenters. The molecular weight excluding hydrogens is 556 g/mol. The Morgan fingerprint density at radius 3 is 1.82 bits per heavy atom. The molecule has 2 heterocycles. The van der Waals surface area contributed by atoms with Crippen molar-refractivity contribution in [3.63, 3.8) is 0 Å². The zero-order valence-corrected chi connectivity index (χ0v) is 28.2. The van der Waals surface area contributed by atoms with Crippen molar-refractivity contribution < 1.29 is 28.5 Å². The largest absolute Gasteiger partial charge is 0.461 e. The van der Waals surface area contributed by atoms with Gasteiger partial charge in [0.05, 0.1) is 31.6 Å². The van der Waals surface area contributed by atoms with E-state index in [1.807, 2.05) is 11.5 Å². The Balaban J connectivity index is 0.000000612. The van der Waals surface area contributed by atoms with Gasteiger partial charge in [0.2, 0.25) is 0 Å². The van der Waals surface area contributed by atoms with Crippen LogP contribution in [0.25, 0.3) is 0 Å². The minimum Gasteiger partial charge on any atom is -0.461 e. The second kappa shape index (κ2) is 19.1. The quantitative estimate of drug-likeness (QED) is 0.126. The summed E-state index contributed by atoms with van der Waals surface area (Å²) in [6.45, 7) is 23.9. The highest BCUT2D eigenvalue weighted by molar-refractivity contribution is 6.76. The molecule has 39 heavy (non-hydrogen) atoms. The van der Waals surface area contributed by atoms with Crippen molar-refractivity contribution in [1.29, 1.82) is 0 Å². The number of nitrogens with zero attached hydrogens (tertiary/aromatic N) is 3. The van der Waals surface area contributed by atoms with Crippen molar-refractivity contribution in [2.75, 3.05) is 32.5 Å². The molecule has 0 unspecified atom stereocenters. The average molecular weight is 605 g/mol. The molecule has 0 radical (unpaired) electrons. The number of carbonyl (C=O) groups is 2. The molecule has 224 valence electrons. The van der Waals surface area contributed by atoms with Crippen LogP contribution in [-0.2, 0) is 25.7 Å². The molecule has 2 aromatic heterocycles. The molecule has 0 spiro atoms. The molecular formula is C26H49ClN4O6Si2. The maximum atomic E-state index is 11.6. The number of imidazole rings is 2. The van der Waals surface area contributed by atoms with E-state index in [1.165, 1.54) is 12.4 Å². The SMILES string of the molecule is CCOC(=O)c1nc[nH]c1C.CCOC(=O)c1ncn(COCC[Si](C)(C)C)c1C.C[Si](C)(C)CCOCCl. The van der Waals surface area contributed by atoms with E-state index in [0.717, 1.165) is 30.6 Å². The molecule has 0 aromatic carbocycles. The molecule has 0 bridgehead atoms. The van der Waals surface area contributed by atoms with Crippen molar-refractivity contribution in [2.24, 2.45) is 0 Å². The van der Waals surface area contributed by atoms with E-state index in [1.54, 1.807) is 27.1 Å².